The highest BCUT2D eigenvalue weighted by Gasteiger charge is 2.30. The number of rotatable bonds is 5. The third kappa shape index (κ3) is 3.36. The molecule has 3 heteroatoms. The average Bonchev–Trinajstić information content (AvgIpc) is 3.01. The van der Waals surface area contributed by atoms with E-state index in [4.69, 9.17) is 0 Å². The van der Waals surface area contributed by atoms with Gasteiger partial charge in [-0.15, -0.1) is 11.8 Å². The molecule has 0 N–H and O–H groups in total. The molecule has 2 rings (SSSR count). The normalized spacial score (nSPS) is 19.2. The Hall–Kier alpha value is -0.800. The van der Waals surface area contributed by atoms with Gasteiger partial charge in [-0.1, -0.05) is 30.3 Å². The smallest absolute Gasteiger partial charge is 0.160 e. The molecular formula is C12H15NOS. The van der Waals surface area contributed by atoms with Gasteiger partial charge in [-0.25, -0.2) is 0 Å². The van der Waals surface area contributed by atoms with E-state index in [0.29, 0.717) is 17.6 Å². The summed E-state index contributed by atoms with van der Waals surface area (Å²) in [6.45, 7) is 1.43. The van der Waals surface area contributed by atoms with E-state index in [2.05, 4.69) is 17.0 Å². The first-order valence-corrected chi connectivity index (χ1v) is 6.17. The topological polar surface area (TPSA) is 20.3 Å². The third-order valence-corrected chi connectivity index (χ3v) is 3.34. The van der Waals surface area contributed by atoms with E-state index in [1.165, 1.54) is 5.56 Å². The molecule has 15 heavy (non-hydrogen) atoms. The minimum absolute atomic E-state index is 0.295. The molecule has 1 aliphatic rings. The van der Waals surface area contributed by atoms with Crippen LogP contribution in [-0.2, 0) is 11.3 Å². The van der Waals surface area contributed by atoms with Crippen LogP contribution in [0.4, 0.5) is 0 Å². The van der Waals surface area contributed by atoms with Crippen molar-refractivity contribution in [1.29, 1.82) is 0 Å². The molecule has 0 amide bonds. The first kappa shape index (κ1) is 10.7. The molecule has 1 aromatic carbocycles. The number of ketones is 1. The molecule has 0 saturated carbocycles. The highest BCUT2D eigenvalue weighted by Crippen LogP contribution is 2.30. The van der Waals surface area contributed by atoms with Gasteiger partial charge in [0.25, 0.3) is 0 Å². The summed E-state index contributed by atoms with van der Waals surface area (Å²) in [7, 11) is 2.00. The predicted molar refractivity (Wildman–Crippen MR) is 64.0 cm³/mol. The van der Waals surface area contributed by atoms with E-state index in [1.807, 2.05) is 25.2 Å². The lowest BCUT2D eigenvalue weighted by molar-refractivity contribution is -0.118. The number of benzene rings is 1. The average molecular weight is 221 g/mol. The van der Waals surface area contributed by atoms with Gasteiger partial charge in [0.15, 0.2) is 5.78 Å². The molecule has 1 saturated heterocycles. The van der Waals surface area contributed by atoms with E-state index in [1.54, 1.807) is 11.8 Å². The largest absolute Gasteiger partial charge is 0.297 e. The Balaban J connectivity index is 1.81. The zero-order chi connectivity index (χ0) is 10.7. The van der Waals surface area contributed by atoms with Crippen molar-refractivity contribution in [2.24, 2.45) is 0 Å². The molecule has 0 aromatic heterocycles. The molecule has 1 atom stereocenters. The second-order valence-electron chi connectivity index (χ2n) is 3.95. The number of thioether (sulfide) groups is 1. The molecule has 1 aliphatic heterocycles. The highest BCUT2D eigenvalue weighted by atomic mass is 32.2. The molecule has 0 bridgehead atoms. The minimum Gasteiger partial charge on any atom is -0.297 e. The molecule has 1 aromatic rings. The van der Waals surface area contributed by atoms with Crippen LogP contribution in [0.2, 0.25) is 0 Å². The summed E-state index contributed by atoms with van der Waals surface area (Å²) >= 11 is 1.75. The number of carbonyl (C=O) groups excluding carboxylic acids is 1. The van der Waals surface area contributed by atoms with Gasteiger partial charge < -0.3 is 0 Å². The van der Waals surface area contributed by atoms with E-state index < -0.39 is 0 Å². The van der Waals surface area contributed by atoms with E-state index in [0.717, 1.165) is 12.3 Å². The number of carbonyl (C=O) groups is 1. The van der Waals surface area contributed by atoms with Gasteiger partial charge in [0.1, 0.15) is 0 Å². The van der Waals surface area contributed by atoms with Gasteiger partial charge in [-0.05, 0) is 12.6 Å². The maximum atomic E-state index is 11.5. The second-order valence-corrected chi connectivity index (χ2v) is 5.18. The predicted octanol–water partition coefficient (Wildman–Crippen LogP) is 1.80. The summed E-state index contributed by atoms with van der Waals surface area (Å²) in [6, 6.07) is 10.2. The fourth-order valence-corrected chi connectivity index (χ4v) is 2.10. The lowest BCUT2D eigenvalue weighted by Crippen LogP contribution is -2.27. The van der Waals surface area contributed by atoms with Crippen LogP contribution < -0.4 is 0 Å². The van der Waals surface area contributed by atoms with Crippen LogP contribution in [0.3, 0.4) is 0 Å². The molecular weight excluding hydrogens is 206 g/mol. The van der Waals surface area contributed by atoms with Gasteiger partial charge in [0.05, 0.1) is 11.8 Å². The maximum Gasteiger partial charge on any atom is 0.160 e. The first-order valence-electron chi connectivity index (χ1n) is 5.12. The van der Waals surface area contributed by atoms with Gasteiger partial charge >= 0.3 is 0 Å². The number of hydrogen-bond acceptors (Lipinski definition) is 3. The Morgan fingerprint density at radius 1 is 1.47 bits per heavy atom. The zero-order valence-corrected chi connectivity index (χ0v) is 9.67. The van der Waals surface area contributed by atoms with Gasteiger partial charge in [-0.3, -0.25) is 9.69 Å². The van der Waals surface area contributed by atoms with Gasteiger partial charge in [0.2, 0.25) is 0 Å². The van der Waals surface area contributed by atoms with Crippen molar-refractivity contribution in [2.45, 2.75) is 11.8 Å². The summed E-state index contributed by atoms with van der Waals surface area (Å²) < 4.78 is 0. The maximum absolute atomic E-state index is 11.5. The molecule has 0 radical (unpaired) electrons. The van der Waals surface area contributed by atoms with E-state index in [-0.39, 0.29) is 0 Å². The molecule has 0 aliphatic carbocycles. The second kappa shape index (κ2) is 4.81. The van der Waals surface area contributed by atoms with Crippen molar-refractivity contribution in [3.8, 4) is 0 Å². The lowest BCUT2D eigenvalue weighted by atomic mass is 10.2. The van der Waals surface area contributed by atoms with Crippen LogP contribution >= 0.6 is 11.8 Å². The van der Waals surface area contributed by atoms with Crippen LogP contribution in [0.25, 0.3) is 0 Å². The Labute approximate surface area is 94.7 Å². The van der Waals surface area contributed by atoms with Crippen molar-refractivity contribution < 1.29 is 4.79 Å². The number of likely N-dealkylation sites (N-methyl/N-ethyl adjacent to an activating group) is 1. The fraction of sp³-hybridized carbons (Fsp3) is 0.417. The summed E-state index contributed by atoms with van der Waals surface area (Å²) in [5.41, 5.74) is 1.26. The summed E-state index contributed by atoms with van der Waals surface area (Å²) in [6.07, 6.45) is 0. The van der Waals surface area contributed by atoms with Crippen molar-refractivity contribution in [2.75, 3.05) is 19.3 Å². The van der Waals surface area contributed by atoms with Crippen LogP contribution in [-0.4, -0.2) is 35.3 Å². The molecule has 1 heterocycles. The van der Waals surface area contributed by atoms with Crippen molar-refractivity contribution in [1.82, 2.24) is 4.90 Å². The first-order chi connectivity index (χ1) is 7.25. The van der Waals surface area contributed by atoms with Crippen molar-refractivity contribution in [3.63, 3.8) is 0 Å². The van der Waals surface area contributed by atoms with Crippen LogP contribution in [0.5, 0.6) is 0 Å². The summed E-state index contributed by atoms with van der Waals surface area (Å²) in [4.78, 5) is 13.6. The molecule has 1 unspecified atom stereocenters. The lowest BCUT2D eigenvalue weighted by Gasteiger charge is -2.15. The molecule has 1 fully saturated rings. The standard InChI is InChI=1S/C12H15NOS/c1-13(8-11(14)12-9-15-12)7-10-5-3-2-4-6-10/h2-6,12H,7-9H2,1H3. The Bertz CT molecular complexity index is 335. The fourth-order valence-electron chi connectivity index (χ4n) is 1.55. The monoisotopic (exact) mass is 221 g/mol. The van der Waals surface area contributed by atoms with Crippen molar-refractivity contribution in [3.05, 3.63) is 35.9 Å². The Kier molecular flexibility index (Phi) is 3.44. The summed E-state index contributed by atoms with van der Waals surface area (Å²) in [5.74, 6) is 1.40. The molecule has 0 spiro atoms. The van der Waals surface area contributed by atoms with Gasteiger partial charge in [0, 0.05) is 12.3 Å². The molecule has 2 nitrogen and oxygen atoms in total. The van der Waals surface area contributed by atoms with E-state index >= 15 is 0 Å². The Morgan fingerprint density at radius 3 is 2.73 bits per heavy atom. The quantitative estimate of drug-likeness (QED) is 0.707. The molecule has 80 valence electrons. The van der Waals surface area contributed by atoms with Gasteiger partial charge in [-0.2, -0.15) is 0 Å². The number of hydrogen-bond donors (Lipinski definition) is 0. The van der Waals surface area contributed by atoms with Crippen LogP contribution in [0.1, 0.15) is 5.56 Å². The third-order valence-electron chi connectivity index (χ3n) is 2.41. The zero-order valence-electron chi connectivity index (χ0n) is 8.85. The minimum atomic E-state index is 0.295. The van der Waals surface area contributed by atoms with Crippen LogP contribution in [0, 0.1) is 0 Å². The van der Waals surface area contributed by atoms with E-state index in [9.17, 15) is 4.79 Å². The summed E-state index contributed by atoms with van der Waals surface area (Å²) in [5, 5.41) is 0.295. The number of Topliss-reactive ketones (excluding diaryl/α,β-unsaturated/α-hetero) is 1. The van der Waals surface area contributed by atoms with Crippen LogP contribution in [0.15, 0.2) is 30.3 Å². The Morgan fingerprint density at radius 2 is 2.13 bits per heavy atom. The highest BCUT2D eigenvalue weighted by molar-refractivity contribution is 8.07. The van der Waals surface area contributed by atoms with Crippen molar-refractivity contribution >= 4 is 17.5 Å². The SMILES string of the molecule is CN(CC(=O)C1CS1)Cc1ccccc1. The number of nitrogens with zero attached hydrogens (tertiary/aromatic N) is 1.